The Bertz CT molecular complexity index is 896. The van der Waals surface area contributed by atoms with Gasteiger partial charge in [-0.15, -0.1) is 11.3 Å². The van der Waals surface area contributed by atoms with Crippen LogP contribution < -0.4 is 5.56 Å². The molecule has 5 rings (SSSR count). The number of likely N-dealkylation sites (tertiary alicyclic amines) is 1. The zero-order chi connectivity index (χ0) is 18.4. The summed E-state index contributed by atoms with van der Waals surface area (Å²) in [6.07, 6.45) is 7.49. The van der Waals surface area contributed by atoms with Gasteiger partial charge in [0.2, 0.25) is 0 Å². The third-order valence-corrected chi connectivity index (χ3v) is 7.54. The third-order valence-electron chi connectivity index (χ3n) is 6.69. The van der Waals surface area contributed by atoms with Crippen molar-refractivity contribution in [2.75, 3.05) is 13.1 Å². The number of amides is 1. The molecule has 4 nitrogen and oxygen atoms in total. The molecular formula is C22H26N2O2S. The lowest BCUT2D eigenvalue weighted by molar-refractivity contribution is 0.0597. The number of hydrogen-bond donors (Lipinski definition) is 0. The molecule has 3 aliphatic rings. The van der Waals surface area contributed by atoms with Crippen LogP contribution in [0, 0.1) is 5.92 Å². The highest BCUT2D eigenvalue weighted by Crippen LogP contribution is 2.42. The molecule has 4 heterocycles. The molecule has 2 bridgehead atoms. The predicted octanol–water partition coefficient (Wildman–Crippen LogP) is 4.22. The number of pyridine rings is 1. The highest BCUT2D eigenvalue weighted by Gasteiger charge is 2.39. The molecule has 0 N–H and O–H groups in total. The molecule has 0 unspecified atom stereocenters. The lowest BCUT2D eigenvalue weighted by atomic mass is 9.76. The fourth-order valence-corrected chi connectivity index (χ4v) is 6.22. The molecule has 1 aliphatic carbocycles. The summed E-state index contributed by atoms with van der Waals surface area (Å²) in [6, 6.07) is 7.75. The van der Waals surface area contributed by atoms with Gasteiger partial charge in [-0.2, -0.15) is 0 Å². The highest BCUT2D eigenvalue weighted by atomic mass is 32.1. The second kappa shape index (κ2) is 6.93. The average molecular weight is 383 g/mol. The van der Waals surface area contributed by atoms with Gasteiger partial charge in [-0.05, 0) is 48.1 Å². The summed E-state index contributed by atoms with van der Waals surface area (Å²) in [4.78, 5) is 28.4. The molecule has 2 fully saturated rings. The maximum atomic E-state index is 12.9. The molecule has 0 radical (unpaired) electrons. The van der Waals surface area contributed by atoms with Gasteiger partial charge in [-0.25, -0.2) is 0 Å². The lowest BCUT2D eigenvalue weighted by Crippen LogP contribution is -2.49. The van der Waals surface area contributed by atoms with E-state index in [0.29, 0.717) is 17.8 Å². The van der Waals surface area contributed by atoms with Crippen LogP contribution in [0.25, 0.3) is 0 Å². The van der Waals surface area contributed by atoms with Crippen molar-refractivity contribution in [2.45, 2.75) is 56.9 Å². The first-order chi connectivity index (χ1) is 13.2. The number of hydrogen-bond acceptors (Lipinski definition) is 3. The van der Waals surface area contributed by atoms with Gasteiger partial charge in [0.1, 0.15) is 0 Å². The smallest absolute Gasteiger partial charge is 0.263 e. The highest BCUT2D eigenvalue weighted by molar-refractivity contribution is 7.12. The van der Waals surface area contributed by atoms with Gasteiger partial charge in [0.15, 0.2) is 0 Å². The van der Waals surface area contributed by atoms with Crippen molar-refractivity contribution in [3.63, 3.8) is 0 Å². The van der Waals surface area contributed by atoms with E-state index in [9.17, 15) is 9.59 Å². The maximum Gasteiger partial charge on any atom is 0.263 e. The minimum atomic E-state index is 0.136. The molecule has 2 aromatic rings. The fraction of sp³-hybridized carbons (Fsp3) is 0.545. The minimum absolute atomic E-state index is 0.136. The van der Waals surface area contributed by atoms with E-state index in [4.69, 9.17) is 0 Å². The molecule has 1 amide bonds. The zero-order valence-corrected chi connectivity index (χ0v) is 16.4. The van der Waals surface area contributed by atoms with Crippen LogP contribution in [0.1, 0.15) is 71.3 Å². The topological polar surface area (TPSA) is 42.3 Å². The Kier molecular flexibility index (Phi) is 4.43. The Morgan fingerprint density at radius 1 is 1.00 bits per heavy atom. The summed E-state index contributed by atoms with van der Waals surface area (Å²) < 4.78 is 2.05. The van der Waals surface area contributed by atoms with E-state index < -0.39 is 0 Å². The Labute approximate surface area is 163 Å². The van der Waals surface area contributed by atoms with Crippen LogP contribution >= 0.6 is 11.3 Å². The second-order valence-corrected chi connectivity index (χ2v) is 9.39. The van der Waals surface area contributed by atoms with Crippen LogP contribution in [-0.4, -0.2) is 28.5 Å². The first-order valence-electron chi connectivity index (χ1n) is 10.3. The first kappa shape index (κ1) is 17.2. The van der Waals surface area contributed by atoms with Gasteiger partial charge in [-0.3, -0.25) is 9.59 Å². The van der Waals surface area contributed by atoms with Gasteiger partial charge in [0.25, 0.3) is 11.5 Å². The van der Waals surface area contributed by atoms with E-state index in [-0.39, 0.29) is 11.5 Å². The number of nitrogens with zero attached hydrogens (tertiary/aromatic N) is 2. The molecule has 0 spiro atoms. The SMILES string of the molecule is O=C(c1cccs1)N1C[C@H]2C[C@H](C1)c1c(C3CCCCC3)ccc(=O)n1C2. The van der Waals surface area contributed by atoms with Crippen LogP contribution in [0.3, 0.4) is 0 Å². The summed E-state index contributed by atoms with van der Waals surface area (Å²) in [6.45, 7) is 2.28. The number of rotatable bonds is 2. The molecule has 2 atom stereocenters. The quantitative estimate of drug-likeness (QED) is 0.780. The molecule has 1 saturated heterocycles. The Hall–Kier alpha value is -1.88. The van der Waals surface area contributed by atoms with Crippen LogP contribution in [0.5, 0.6) is 0 Å². The van der Waals surface area contributed by atoms with Gasteiger partial charge in [0.05, 0.1) is 4.88 Å². The number of aromatic nitrogens is 1. The molecule has 27 heavy (non-hydrogen) atoms. The lowest BCUT2D eigenvalue weighted by Gasteiger charge is -2.44. The van der Waals surface area contributed by atoms with Crippen molar-refractivity contribution in [2.24, 2.45) is 5.92 Å². The Morgan fingerprint density at radius 3 is 2.63 bits per heavy atom. The summed E-state index contributed by atoms with van der Waals surface area (Å²) in [5, 5.41) is 1.97. The van der Waals surface area contributed by atoms with Gasteiger partial charge in [-0.1, -0.05) is 31.4 Å². The molecule has 1 saturated carbocycles. The average Bonchev–Trinajstić information content (AvgIpc) is 3.23. The van der Waals surface area contributed by atoms with Gasteiger partial charge in [0, 0.05) is 37.3 Å². The van der Waals surface area contributed by atoms with E-state index in [0.717, 1.165) is 30.9 Å². The van der Waals surface area contributed by atoms with Gasteiger partial charge < -0.3 is 9.47 Å². The monoisotopic (exact) mass is 382 g/mol. The van der Waals surface area contributed by atoms with Crippen LogP contribution in [0.4, 0.5) is 0 Å². The van der Waals surface area contributed by atoms with Crippen molar-refractivity contribution < 1.29 is 4.79 Å². The number of carbonyl (C=O) groups excluding carboxylic acids is 1. The minimum Gasteiger partial charge on any atom is -0.337 e. The predicted molar refractivity (Wildman–Crippen MR) is 108 cm³/mol. The van der Waals surface area contributed by atoms with E-state index >= 15 is 0 Å². The number of piperidine rings is 1. The maximum absolute atomic E-state index is 12.9. The summed E-state index contributed by atoms with van der Waals surface area (Å²) in [7, 11) is 0. The Balaban J connectivity index is 1.50. The van der Waals surface area contributed by atoms with E-state index in [2.05, 4.69) is 10.6 Å². The number of carbonyl (C=O) groups is 1. The fourth-order valence-electron chi connectivity index (χ4n) is 5.53. The molecule has 2 aliphatic heterocycles. The first-order valence-corrected chi connectivity index (χ1v) is 11.1. The van der Waals surface area contributed by atoms with E-state index in [1.807, 2.05) is 22.4 Å². The molecule has 142 valence electrons. The van der Waals surface area contributed by atoms with Gasteiger partial charge >= 0.3 is 0 Å². The summed E-state index contributed by atoms with van der Waals surface area (Å²) in [5.74, 6) is 1.43. The van der Waals surface area contributed by atoms with Crippen molar-refractivity contribution in [1.82, 2.24) is 9.47 Å². The molecule has 2 aromatic heterocycles. The number of thiophene rings is 1. The number of fused-ring (bicyclic) bond motifs is 4. The second-order valence-electron chi connectivity index (χ2n) is 8.44. The molecular weight excluding hydrogens is 356 g/mol. The van der Waals surface area contributed by atoms with Crippen LogP contribution in [0.15, 0.2) is 34.4 Å². The van der Waals surface area contributed by atoms with Crippen LogP contribution in [0.2, 0.25) is 0 Å². The molecule has 0 aromatic carbocycles. The Morgan fingerprint density at radius 2 is 1.85 bits per heavy atom. The summed E-state index contributed by atoms with van der Waals surface area (Å²) in [5.41, 5.74) is 2.77. The summed E-state index contributed by atoms with van der Waals surface area (Å²) >= 11 is 1.52. The standard InChI is InChI=1S/C22H26N2O2S/c25-20-9-8-18(16-5-2-1-3-6-16)21-17-11-15(13-24(20)21)12-23(14-17)22(26)19-7-4-10-27-19/h4,7-10,15-17H,1-3,5-6,11-14H2/t15-,17-/m1/s1. The van der Waals surface area contributed by atoms with E-state index in [1.54, 1.807) is 6.07 Å². The zero-order valence-electron chi connectivity index (χ0n) is 15.6. The van der Waals surface area contributed by atoms with Crippen molar-refractivity contribution in [3.05, 3.63) is 56.1 Å². The van der Waals surface area contributed by atoms with Crippen molar-refractivity contribution >= 4 is 17.2 Å². The largest absolute Gasteiger partial charge is 0.337 e. The third kappa shape index (κ3) is 3.06. The van der Waals surface area contributed by atoms with Crippen LogP contribution in [-0.2, 0) is 6.54 Å². The normalized spacial score (nSPS) is 25.3. The van der Waals surface area contributed by atoms with Crippen molar-refractivity contribution in [3.8, 4) is 0 Å². The molecule has 5 heteroatoms. The van der Waals surface area contributed by atoms with E-state index in [1.165, 1.54) is 54.7 Å². The van der Waals surface area contributed by atoms with Crippen molar-refractivity contribution in [1.29, 1.82) is 0 Å².